The summed E-state index contributed by atoms with van der Waals surface area (Å²) in [6.45, 7) is 1.74. The van der Waals surface area contributed by atoms with Gasteiger partial charge in [-0.05, 0) is 30.7 Å². The second-order valence-corrected chi connectivity index (χ2v) is 6.33. The number of likely N-dealkylation sites (N-methyl/N-ethyl adjacent to an activating group) is 1. The van der Waals surface area contributed by atoms with Crippen LogP contribution in [0.3, 0.4) is 0 Å². The van der Waals surface area contributed by atoms with Crippen molar-refractivity contribution in [2.45, 2.75) is 25.7 Å². The number of nitrogens with zero attached hydrogens (tertiary/aromatic N) is 1. The van der Waals surface area contributed by atoms with E-state index >= 15 is 0 Å². The Hall–Kier alpha value is -2.47. The lowest BCUT2D eigenvalue weighted by Crippen LogP contribution is -2.39. The number of carbonyl (C=O) groups is 1. The first-order valence-corrected chi connectivity index (χ1v) is 9.07. The molecule has 1 N–H and O–H groups in total. The van der Waals surface area contributed by atoms with Crippen LogP contribution in [0.5, 0.6) is 5.75 Å². The van der Waals surface area contributed by atoms with Crippen molar-refractivity contribution in [2.75, 3.05) is 31.6 Å². The first kappa shape index (κ1) is 20.8. The van der Waals surface area contributed by atoms with Crippen LogP contribution in [0.2, 0.25) is 0 Å². The normalized spacial score (nSPS) is 11.3. The molecule has 0 saturated carbocycles. The van der Waals surface area contributed by atoms with Gasteiger partial charge >= 0.3 is 0 Å². The zero-order chi connectivity index (χ0) is 19.7. The molecule has 0 heterocycles. The fourth-order valence-corrected chi connectivity index (χ4v) is 2.49. The van der Waals surface area contributed by atoms with Crippen LogP contribution in [-0.2, 0) is 10.7 Å². The van der Waals surface area contributed by atoms with Crippen LogP contribution in [0.25, 0.3) is 0 Å². The van der Waals surface area contributed by atoms with Gasteiger partial charge < -0.3 is 15.0 Å². The molecular formula is C21H26F2N2O2. The Bertz CT molecular complexity index is 723. The van der Waals surface area contributed by atoms with Gasteiger partial charge in [0.05, 0.1) is 19.7 Å². The first-order chi connectivity index (χ1) is 12.9. The largest absolute Gasteiger partial charge is 0.494 e. The van der Waals surface area contributed by atoms with Crippen LogP contribution in [0.4, 0.5) is 14.5 Å². The zero-order valence-electron chi connectivity index (χ0n) is 15.8. The van der Waals surface area contributed by atoms with Gasteiger partial charge in [0.25, 0.3) is 5.92 Å². The highest BCUT2D eigenvalue weighted by Gasteiger charge is 2.31. The van der Waals surface area contributed by atoms with Gasteiger partial charge in [0.1, 0.15) is 5.75 Å². The molecule has 0 aliphatic heterocycles. The summed E-state index contributed by atoms with van der Waals surface area (Å²) >= 11 is 0. The highest BCUT2D eigenvalue weighted by atomic mass is 19.3. The van der Waals surface area contributed by atoms with Crippen molar-refractivity contribution in [3.63, 3.8) is 0 Å². The molecule has 0 aromatic heterocycles. The number of amides is 1. The van der Waals surface area contributed by atoms with Crippen LogP contribution in [0.15, 0.2) is 54.6 Å². The Morgan fingerprint density at radius 3 is 2.59 bits per heavy atom. The number of carbonyl (C=O) groups excluding carboxylic acids is 1. The van der Waals surface area contributed by atoms with Crippen LogP contribution in [0.1, 0.15) is 25.3 Å². The molecule has 6 heteroatoms. The molecule has 0 atom stereocenters. The van der Waals surface area contributed by atoms with Gasteiger partial charge in [-0.15, -0.1) is 0 Å². The molecule has 0 bridgehead atoms. The molecule has 0 aliphatic rings. The summed E-state index contributed by atoms with van der Waals surface area (Å²) in [6.07, 6.45) is 1.85. The van der Waals surface area contributed by atoms with E-state index in [1.807, 2.05) is 25.1 Å². The summed E-state index contributed by atoms with van der Waals surface area (Å²) in [7, 11) is 1.62. The van der Waals surface area contributed by atoms with Crippen LogP contribution in [0, 0.1) is 0 Å². The minimum absolute atomic E-state index is 0.132. The van der Waals surface area contributed by atoms with E-state index in [1.165, 1.54) is 17.0 Å². The lowest BCUT2D eigenvalue weighted by atomic mass is 10.1. The van der Waals surface area contributed by atoms with Gasteiger partial charge in [0.2, 0.25) is 5.91 Å². The number of benzene rings is 2. The van der Waals surface area contributed by atoms with E-state index in [2.05, 4.69) is 5.32 Å². The molecular weight excluding hydrogens is 350 g/mol. The second-order valence-electron chi connectivity index (χ2n) is 6.33. The Morgan fingerprint density at radius 1 is 1.15 bits per heavy atom. The number of nitrogens with one attached hydrogen (secondary N) is 1. The third-order valence-corrected chi connectivity index (χ3v) is 4.16. The van der Waals surface area contributed by atoms with Crippen LogP contribution >= 0.6 is 0 Å². The van der Waals surface area contributed by atoms with Gasteiger partial charge in [0.15, 0.2) is 0 Å². The number of ether oxygens (including phenoxy) is 1. The lowest BCUT2D eigenvalue weighted by Gasteiger charge is -2.20. The average molecular weight is 376 g/mol. The molecule has 0 fully saturated rings. The van der Waals surface area contributed by atoms with Gasteiger partial charge in [-0.3, -0.25) is 4.79 Å². The summed E-state index contributed by atoms with van der Waals surface area (Å²) in [5.41, 5.74) is 0.584. The monoisotopic (exact) mass is 376 g/mol. The smallest absolute Gasteiger partial charge is 0.285 e. The Kier molecular flexibility index (Phi) is 7.73. The third kappa shape index (κ3) is 6.32. The van der Waals surface area contributed by atoms with Crippen LogP contribution < -0.4 is 15.0 Å². The predicted molar refractivity (Wildman–Crippen MR) is 103 cm³/mol. The molecule has 0 saturated heterocycles. The van der Waals surface area contributed by atoms with E-state index in [0.29, 0.717) is 18.0 Å². The van der Waals surface area contributed by atoms with E-state index < -0.39 is 12.5 Å². The minimum atomic E-state index is -3.10. The van der Waals surface area contributed by atoms with Crippen molar-refractivity contribution >= 4 is 11.6 Å². The molecule has 0 unspecified atom stereocenters. The summed E-state index contributed by atoms with van der Waals surface area (Å²) in [4.78, 5) is 13.6. The number of hydrogen-bond donors (Lipinski definition) is 1. The Morgan fingerprint density at radius 2 is 1.89 bits per heavy atom. The molecule has 27 heavy (non-hydrogen) atoms. The van der Waals surface area contributed by atoms with E-state index in [1.54, 1.807) is 31.3 Å². The van der Waals surface area contributed by atoms with Crippen molar-refractivity contribution < 1.29 is 18.3 Å². The maximum absolute atomic E-state index is 14.5. The average Bonchev–Trinajstić information content (AvgIpc) is 2.68. The highest BCUT2D eigenvalue weighted by Crippen LogP contribution is 2.29. The number of halogens is 2. The minimum Gasteiger partial charge on any atom is -0.494 e. The number of hydrogen-bond acceptors (Lipinski definition) is 3. The molecule has 2 rings (SSSR count). The SMILES string of the molecule is CCCCOc1cccc(C(F)(F)CNCC(=O)N(C)c2ccccc2)c1. The van der Waals surface area contributed by atoms with Crippen molar-refractivity contribution in [3.8, 4) is 5.75 Å². The van der Waals surface area contributed by atoms with Crippen molar-refractivity contribution in [1.82, 2.24) is 5.32 Å². The van der Waals surface area contributed by atoms with E-state index in [0.717, 1.165) is 12.8 Å². The molecule has 4 nitrogen and oxygen atoms in total. The number of unbranched alkanes of at least 4 members (excludes halogenated alkanes) is 1. The fourth-order valence-electron chi connectivity index (χ4n) is 2.49. The van der Waals surface area contributed by atoms with Crippen molar-refractivity contribution in [2.24, 2.45) is 0 Å². The Labute approximate surface area is 159 Å². The van der Waals surface area contributed by atoms with Crippen molar-refractivity contribution in [1.29, 1.82) is 0 Å². The zero-order valence-corrected chi connectivity index (χ0v) is 15.8. The fraction of sp³-hybridized carbons (Fsp3) is 0.381. The van der Waals surface area contributed by atoms with Crippen LogP contribution in [-0.4, -0.2) is 32.7 Å². The molecule has 0 radical (unpaired) electrons. The first-order valence-electron chi connectivity index (χ1n) is 9.07. The molecule has 0 aliphatic carbocycles. The summed E-state index contributed by atoms with van der Waals surface area (Å²) in [5, 5.41) is 2.56. The standard InChI is InChI=1S/C21H26F2N2O2/c1-3-4-13-27-19-12-8-9-17(14-19)21(22,23)16-24-15-20(26)25(2)18-10-6-5-7-11-18/h5-12,14,24H,3-4,13,15-16H2,1-2H3. The molecule has 1 amide bonds. The van der Waals surface area contributed by atoms with E-state index in [9.17, 15) is 13.6 Å². The van der Waals surface area contributed by atoms with Crippen molar-refractivity contribution in [3.05, 3.63) is 60.2 Å². The second kappa shape index (κ2) is 10.0. The number of alkyl halides is 2. The van der Waals surface area contributed by atoms with E-state index in [4.69, 9.17) is 4.74 Å². The number of anilines is 1. The topological polar surface area (TPSA) is 41.6 Å². The predicted octanol–water partition coefficient (Wildman–Crippen LogP) is 4.21. The summed E-state index contributed by atoms with van der Waals surface area (Å²) in [5.74, 6) is -2.95. The lowest BCUT2D eigenvalue weighted by molar-refractivity contribution is -0.117. The maximum atomic E-state index is 14.5. The number of para-hydroxylation sites is 1. The van der Waals surface area contributed by atoms with Gasteiger partial charge in [-0.1, -0.05) is 43.7 Å². The van der Waals surface area contributed by atoms with Gasteiger partial charge in [-0.2, -0.15) is 8.78 Å². The molecule has 146 valence electrons. The highest BCUT2D eigenvalue weighted by molar-refractivity contribution is 5.94. The molecule has 2 aromatic rings. The molecule has 0 spiro atoms. The van der Waals surface area contributed by atoms with Gasteiger partial charge in [0, 0.05) is 18.3 Å². The summed E-state index contributed by atoms with van der Waals surface area (Å²) in [6, 6.07) is 15.0. The van der Waals surface area contributed by atoms with Gasteiger partial charge in [-0.25, -0.2) is 0 Å². The summed E-state index contributed by atoms with van der Waals surface area (Å²) < 4.78 is 34.4. The Balaban J connectivity index is 1.88. The third-order valence-electron chi connectivity index (χ3n) is 4.16. The molecule has 2 aromatic carbocycles. The quantitative estimate of drug-likeness (QED) is 0.632. The number of rotatable bonds is 10. The van der Waals surface area contributed by atoms with E-state index in [-0.39, 0.29) is 18.0 Å². The maximum Gasteiger partial charge on any atom is 0.285 e.